The minimum atomic E-state index is -0.386. The number of methoxy groups -OCH3 is 1. The zero-order chi connectivity index (χ0) is 23.4. The second-order valence-corrected chi connectivity index (χ2v) is 8.58. The van der Waals surface area contributed by atoms with Crippen molar-refractivity contribution < 1.29 is 18.7 Å². The first-order chi connectivity index (χ1) is 16.0. The van der Waals surface area contributed by atoms with E-state index in [1.54, 1.807) is 35.2 Å². The van der Waals surface area contributed by atoms with Crippen LogP contribution < -0.4 is 0 Å². The first-order valence-corrected chi connectivity index (χ1v) is 11.5. The number of rotatable bonds is 6. The highest BCUT2D eigenvalue weighted by molar-refractivity contribution is 8.18. The Morgan fingerprint density at radius 2 is 1.82 bits per heavy atom. The highest BCUT2D eigenvalue weighted by Gasteiger charge is 2.33. The summed E-state index contributed by atoms with van der Waals surface area (Å²) in [6.45, 7) is 4.66. The van der Waals surface area contributed by atoms with Crippen molar-refractivity contribution in [2.24, 2.45) is 4.99 Å². The van der Waals surface area contributed by atoms with Crippen LogP contribution >= 0.6 is 11.8 Å². The fourth-order valence-electron chi connectivity index (χ4n) is 3.35. The average molecular weight is 461 g/mol. The van der Waals surface area contributed by atoms with Crippen molar-refractivity contribution in [3.8, 4) is 11.3 Å². The molecule has 2 aromatic carbocycles. The maximum absolute atomic E-state index is 13.0. The minimum absolute atomic E-state index is 0.0758. The van der Waals surface area contributed by atoms with Gasteiger partial charge in [-0.15, -0.1) is 0 Å². The Labute approximate surface area is 197 Å². The zero-order valence-electron chi connectivity index (χ0n) is 18.7. The van der Waals surface area contributed by atoms with Gasteiger partial charge in [-0.05, 0) is 61.5 Å². The van der Waals surface area contributed by atoms with E-state index in [-0.39, 0.29) is 11.9 Å². The number of nitrogens with zero attached hydrogens (tertiary/aromatic N) is 2. The van der Waals surface area contributed by atoms with Crippen molar-refractivity contribution in [1.29, 1.82) is 0 Å². The molecule has 1 aromatic heterocycles. The smallest absolute Gasteiger partial charge is 0.337 e. The fraction of sp³-hybridized carbons (Fsp3) is 0.192. The highest BCUT2D eigenvalue weighted by atomic mass is 32.2. The topological polar surface area (TPSA) is 72.1 Å². The maximum Gasteiger partial charge on any atom is 0.337 e. The van der Waals surface area contributed by atoms with Crippen LogP contribution in [0.1, 0.15) is 35.0 Å². The fourth-order valence-corrected chi connectivity index (χ4v) is 4.35. The molecule has 1 aliphatic rings. The number of aliphatic imine (C=N–C) groups is 1. The van der Waals surface area contributed by atoms with Gasteiger partial charge in [0, 0.05) is 18.2 Å². The lowest BCUT2D eigenvalue weighted by molar-refractivity contribution is -0.122. The molecule has 0 N–H and O–H groups in total. The molecule has 2 heterocycles. The standard InChI is InChI=1S/C26H24N2O4S/c1-4-15-28-24(29)23(33-26(28)27-20-11-5-17(2)6-12-20)16-21-13-14-22(32-21)18-7-9-19(10-8-18)25(30)31-3/h5-14,16H,4,15H2,1-3H3/b23-16+,27-26?. The number of amidine groups is 1. The molecule has 0 aliphatic carbocycles. The number of carbonyl (C=O) groups is 2. The molecular formula is C26H24N2O4S. The van der Waals surface area contributed by atoms with Gasteiger partial charge in [0.1, 0.15) is 11.5 Å². The molecule has 1 fully saturated rings. The molecule has 1 saturated heterocycles. The van der Waals surface area contributed by atoms with Crippen LogP contribution in [-0.2, 0) is 9.53 Å². The van der Waals surface area contributed by atoms with E-state index >= 15 is 0 Å². The number of hydrogen-bond donors (Lipinski definition) is 0. The molecule has 0 atom stereocenters. The Kier molecular flexibility index (Phi) is 6.79. The van der Waals surface area contributed by atoms with Crippen LogP contribution in [0.25, 0.3) is 17.4 Å². The molecule has 4 rings (SSSR count). The van der Waals surface area contributed by atoms with Crippen LogP contribution in [0.3, 0.4) is 0 Å². The second kappa shape index (κ2) is 9.92. The Balaban J connectivity index is 1.57. The van der Waals surface area contributed by atoms with Gasteiger partial charge in [0.05, 0.1) is 23.3 Å². The molecule has 33 heavy (non-hydrogen) atoms. The van der Waals surface area contributed by atoms with Crippen LogP contribution in [0.5, 0.6) is 0 Å². The molecule has 0 spiro atoms. The zero-order valence-corrected chi connectivity index (χ0v) is 19.5. The molecule has 0 radical (unpaired) electrons. The van der Waals surface area contributed by atoms with E-state index < -0.39 is 0 Å². The SMILES string of the molecule is CCCN1C(=O)/C(=C\c2ccc(-c3ccc(C(=O)OC)cc3)o2)SC1=Nc1ccc(C)cc1. The van der Waals surface area contributed by atoms with Crippen molar-refractivity contribution in [1.82, 2.24) is 4.90 Å². The van der Waals surface area contributed by atoms with Gasteiger partial charge < -0.3 is 9.15 Å². The van der Waals surface area contributed by atoms with Crippen molar-refractivity contribution >= 4 is 40.6 Å². The number of aryl methyl sites for hydroxylation is 1. The van der Waals surface area contributed by atoms with Gasteiger partial charge in [-0.2, -0.15) is 0 Å². The predicted octanol–water partition coefficient (Wildman–Crippen LogP) is 6.06. The molecular weight excluding hydrogens is 436 g/mol. The summed E-state index contributed by atoms with van der Waals surface area (Å²) in [5, 5.41) is 0.669. The quantitative estimate of drug-likeness (QED) is 0.330. The molecule has 6 nitrogen and oxygen atoms in total. The van der Waals surface area contributed by atoms with E-state index in [1.807, 2.05) is 50.2 Å². The molecule has 1 aliphatic heterocycles. The van der Waals surface area contributed by atoms with E-state index in [0.29, 0.717) is 33.7 Å². The molecule has 0 saturated carbocycles. The highest BCUT2D eigenvalue weighted by Crippen LogP contribution is 2.35. The lowest BCUT2D eigenvalue weighted by Crippen LogP contribution is -2.29. The lowest BCUT2D eigenvalue weighted by Gasteiger charge is -2.13. The van der Waals surface area contributed by atoms with Crippen LogP contribution in [-0.4, -0.2) is 35.6 Å². The van der Waals surface area contributed by atoms with Gasteiger partial charge in [-0.25, -0.2) is 9.79 Å². The van der Waals surface area contributed by atoms with Crippen molar-refractivity contribution in [3.05, 3.63) is 82.5 Å². The number of benzene rings is 2. The normalized spacial score (nSPS) is 16.1. The average Bonchev–Trinajstić information content (AvgIpc) is 3.41. The van der Waals surface area contributed by atoms with Crippen LogP contribution in [0.4, 0.5) is 5.69 Å². The third-order valence-electron chi connectivity index (χ3n) is 5.08. The summed E-state index contributed by atoms with van der Waals surface area (Å²) in [5.41, 5.74) is 3.27. The third kappa shape index (κ3) is 5.09. The summed E-state index contributed by atoms with van der Waals surface area (Å²) in [6, 6.07) is 18.5. The van der Waals surface area contributed by atoms with Gasteiger partial charge in [-0.3, -0.25) is 9.69 Å². The Bertz CT molecular complexity index is 1220. The number of ether oxygens (including phenoxy) is 1. The summed E-state index contributed by atoms with van der Waals surface area (Å²) < 4.78 is 10.7. The third-order valence-corrected chi connectivity index (χ3v) is 6.09. The van der Waals surface area contributed by atoms with Crippen LogP contribution in [0.2, 0.25) is 0 Å². The Morgan fingerprint density at radius 1 is 1.09 bits per heavy atom. The van der Waals surface area contributed by atoms with E-state index in [9.17, 15) is 9.59 Å². The van der Waals surface area contributed by atoms with Crippen molar-refractivity contribution in [3.63, 3.8) is 0 Å². The number of esters is 1. The number of thioether (sulfide) groups is 1. The summed E-state index contributed by atoms with van der Waals surface area (Å²) >= 11 is 1.35. The van der Waals surface area contributed by atoms with E-state index in [1.165, 1.54) is 18.9 Å². The van der Waals surface area contributed by atoms with Gasteiger partial charge in [-0.1, -0.05) is 36.8 Å². The maximum atomic E-state index is 13.0. The number of carbonyl (C=O) groups excluding carboxylic acids is 2. The van der Waals surface area contributed by atoms with Crippen LogP contribution in [0.15, 0.2) is 75.0 Å². The summed E-state index contributed by atoms with van der Waals surface area (Å²) in [5.74, 6) is 0.759. The second-order valence-electron chi connectivity index (χ2n) is 7.57. The molecule has 3 aromatic rings. The van der Waals surface area contributed by atoms with Gasteiger partial charge >= 0.3 is 5.97 Å². The molecule has 0 unspecified atom stereocenters. The largest absolute Gasteiger partial charge is 0.465 e. The summed E-state index contributed by atoms with van der Waals surface area (Å²) in [7, 11) is 1.35. The van der Waals surface area contributed by atoms with Gasteiger partial charge in [0.2, 0.25) is 0 Å². The van der Waals surface area contributed by atoms with Gasteiger partial charge in [0.15, 0.2) is 5.17 Å². The Morgan fingerprint density at radius 3 is 2.48 bits per heavy atom. The summed E-state index contributed by atoms with van der Waals surface area (Å²) in [4.78, 5) is 31.6. The first kappa shape index (κ1) is 22.6. The number of furan rings is 1. The monoisotopic (exact) mass is 460 g/mol. The van der Waals surface area contributed by atoms with E-state index in [4.69, 9.17) is 14.1 Å². The summed E-state index contributed by atoms with van der Waals surface area (Å²) in [6.07, 6.45) is 2.58. The van der Waals surface area contributed by atoms with E-state index in [0.717, 1.165) is 23.2 Å². The Hall–Kier alpha value is -3.58. The molecule has 1 amide bonds. The minimum Gasteiger partial charge on any atom is -0.465 e. The van der Waals surface area contributed by atoms with Gasteiger partial charge in [0.25, 0.3) is 5.91 Å². The molecule has 7 heteroatoms. The number of amides is 1. The first-order valence-electron chi connectivity index (χ1n) is 10.6. The lowest BCUT2D eigenvalue weighted by atomic mass is 10.1. The van der Waals surface area contributed by atoms with Crippen molar-refractivity contribution in [2.45, 2.75) is 20.3 Å². The molecule has 0 bridgehead atoms. The predicted molar refractivity (Wildman–Crippen MR) is 131 cm³/mol. The van der Waals surface area contributed by atoms with Crippen LogP contribution in [0, 0.1) is 6.92 Å². The van der Waals surface area contributed by atoms with Crippen molar-refractivity contribution in [2.75, 3.05) is 13.7 Å². The van der Waals surface area contributed by atoms with E-state index in [2.05, 4.69) is 0 Å². The number of hydrogen-bond acceptors (Lipinski definition) is 6. The molecule has 168 valence electrons.